The molecule has 5 heterocycles. The Balaban J connectivity index is 1.03. The number of amides is 1. The number of ether oxygens (including phenoxy) is 5. The van der Waals surface area contributed by atoms with Gasteiger partial charge in [0.15, 0.2) is 11.7 Å². The molecule has 5 N–H and O–H groups in total. The van der Waals surface area contributed by atoms with Gasteiger partial charge in [-0.2, -0.15) is 0 Å². The van der Waals surface area contributed by atoms with E-state index in [1.807, 2.05) is 6.07 Å². The summed E-state index contributed by atoms with van der Waals surface area (Å²) in [5.41, 5.74) is 1.35. The van der Waals surface area contributed by atoms with Crippen molar-refractivity contribution in [1.82, 2.24) is 9.55 Å². The third-order valence-corrected chi connectivity index (χ3v) is 9.34. The molecule has 3 aliphatic heterocycles. The summed E-state index contributed by atoms with van der Waals surface area (Å²) >= 11 is 0. The van der Waals surface area contributed by atoms with E-state index in [0.717, 1.165) is 7.11 Å². The second-order valence-corrected chi connectivity index (χ2v) is 12.4. The van der Waals surface area contributed by atoms with Gasteiger partial charge in [0.05, 0.1) is 41.8 Å². The summed E-state index contributed by atoms with van der Waals surface area (Å²) in [6.45, 7) is 1.47. The summed E-state index contributed by atoms with van der Waals surface area (Å²) in [6, 6.07) is 14.8. The molecule has 0 spiro atoms. The van der Waals surface area contributed by atoms with E-state index in [9.17, 15) is 39.6 Å². The van der Waals surface area contributed by atoms with Gasteiger partial charge >= 0.3 is 18.0 Å². The normalized spacial score (nSPS) is 24.9. The summed E-state index contributed by atoms with van der Waals surface area (Å²) in [4.78, 5) is 55.5. The summed E-state index contributed by atoms with van der Waals surface area (Å²) in [7, 11) is 1.09. The average molecular weight is 704 g/mol. The molecule has 2 aromatic heterocycles. The number of methoxy groups -OCH3 is 1. The number of fused-ring (bicyclic) bond motifs is 5. The van der Waals surface area contributed by atoms with Gasteiger partial charge in [-0.15, -0.1) is 0 Å². The lowest BCUT2D eigenvalue weighted by Gasteiger charge is -2.38. The zero-order chi connectivity index (χ0) is 36.2. The van der Waals surface area contributed by atoms with Crippen LogP contribution in [0.1, 0.15) is 35.6 Å². The van der Waals surface area contributed by atoms with Gasteiger partial charge in [-0.1, -0.05) is 25.1 Å². The van der Waals surface area contributed by atoms with Crippen LogP contribution in [0.3, 0.4) is 0 Å². The molecule has 16 heteroatoms. The molecule has 0 aliphatic carbocycles. The van der Waals surface area contributed by atoms with E-state index in [-0.39, 0.29) is 48.6 Å². The van der Waals surface area contributed by atoms with E-state index in [2.05, 4.69) is 10.1 Å². The molecule has 4 aromatic rings. The smallest absolute Gasteiger partial charge is 0.411 e. The fraction of sp³-hybridized carbons (Fsp3) is 0.343. The van der Waals surface area contributed by atoms with Crippen LogP contribution in [0.2, 0.25) is 0 Å². The Morgan fingerprint density at radius 2 is 1.82 bits per heavy atom. The minimum Gasteiger partial charge on any atom is -0.467 e. The van der Waals surface area contributed by atoms with Gasteiger partial charge in [-0.05, 0) is 48.4 Å². The maximum atomic E-state index is 13.5. The number of rotatable bonds is 7. The molecule has 5 unspecified atom stereocenters. The first-order valence-electron chi connectivity index (χ1n) is 16.0. The van der Waals surface area contributed by atoms with E-state index in [1.165, 1.54) is 16.7 Å². The van der Waals surface area contributed by atoms with Crippen LogP contribution in [0, 0.1) is 0 Å². The number of carbonyl (C=O) groups excluding carboxylic acids is 3. The number of aliphatic hydroxyl groups is 4. The van der Waals surface area contributed by atoms with Crippen LogP contribution >= 0.6 is 0 Å². The SMILES string of the molecule is CC[C@@]1(O)C(=O)OCc2c1cc1n(c2=O)Cc2cc3c(NC(=O)OCc4ccc(OC5OC(C(=O)OC)C(O)C(O)C5O)cc4)cccc3nc2-1. The average Bonchev–Trinajstić information content (AvgIpc) is 3.50. The molecule has 0 radical (unpaired) electrons. The fourth-order valence-electron chi connectivity index (χ4n) is 6.46. The van der Waals surface area contributed by atoms with Crippen molar-refractivity contribution in [1.29, 1.82) is 0 Å². The summed E-state index contributed by atoms with van der Waals surface area (Å²) in [6.07, 6.45) is -8.88. The number of benzene rings is 2. The van der Waals surface area contributed by atoms with Crippen LogP contribution in [0.4, 0.5) is 10.5 Å². The van der Waals surface area contributed by atoms with Crippen LogP contribution in [-0.4, -0.2) is 85.8 Å². The second-order valence-electron chi connectivity index (χ2n) is 12.4. The lowest BCUT2D eigenvalue weighted by molar-refractivity contribution is -0.271. The number of hydrogen-bond acceptors (Lipinski definition) is 14. The predicted octanol–water partition coefficient (Wildman–Crippen LogP) is 1.19. The lowest BCUT2D eigenvalue weighted by atomic mass is 9.86. The van der Waals surface area contributed by atoms with E-state index in [0.29, 0.717) is 39.1 Å². The van der Waals surface area contributed by atoms with E-state index in [1.54, 1.807) is 43.3 Å². The topological polar surface area (TPSA) is 225 Å². The minimum absolute atomic E-state index is 0.0315. The maximum absolute atomic E-state index is 13.5. The van der Waals surface area contributed by atoms with Crippen molar-refractivity contribution < 1.29 is 58.5 Å². The highest BCUT2D eigenvalue weighted by Gasteiger charge is 2.49. The number of carbonyl (C=O) groups is 3. The molecular weight excluding hydrogens is 670 g/mol. The molecule has 51 heavy (non-hydrogen) atoms. The summed E-state index contributed by atoms with van der Waals surface area (Å²) < 4.78 is 27.6. The lowest BCUT2D eigenvalue weighted by Crippen LogP contribution is -2.61. The number of aliphatic hydroxyl groups excluding tert-OH is 3. The Kier molecular flexibility index (Phi) is 8.72. The Labute approximate surface area is 288 Å². The maximum Gasteiger partial charge on any atom is 0.411 e. The number of nitrogens with one attached hydrogen (secondary N) is 1. The second kappa shape index (κ2) is 13.1. The van der Waals surface area contributed by atoms with Gasteiger partial charge < -0.3 is 48.7 Å². The van der Waals surface area contributed by atoms with Crippen molar-refractivity contribution in [3.05, 3.63) is 87.2 Å². The minimum atomic E-state index is -1.94. The number of esters is 2. The van der Waals surface area contributed by atoms with Gasteiger partial charge in [-0.3, -0.25) is 10.1 Å². The van der Waals surface area contributed by atoms with Gasteiger partial charge in [0, 0.05) is 16.5 Å². The van der Waals surface area contributed by atoms with E-state index < -0.39 is 54.3 Å². The number of pyridine rings is 2. The first kappa shape index (κ1) is 34.1. The molecule has 7 rings (SSSR count). The van der Waals surface area contributed by atoms with Gasteiger partial charge in [0.1, 0.15) is 37.3 Å². The molecule has 0 saturated carbocycles. The predicted molar refractivity (Wildman–Crippen MR) is 174 cm³/mol. The Morgan fingerprint density at radius 3 is 2.55 bits per heavy atom. The number of anilines is 1. The molecule has 3 aliphatic rings. The van der Waals surface area contributed by atoms with Crippen LogP contribution in [0.15, 0.2) is 59.4 Å². The van der Waals surface area contributed by atoms with Crippen molar-refractivity contribution in [2.45, 2.75) is 69.4 Å². The standard InChI is InChI=1S/C35H33N3O13/c1-3-35(46)21-12-24-25-17(13-38(24)30(42)20(21)15-48-33(35)44)11-19-22(36-25)5-4-6-23(19)37-34(45)49-14-16-7-9-18(10-8-16)50-32-28(41)26(39)27(40)29(51-32)31(43)47-2/h4-12,26-29,32,39-41,46H,3,13-15H2,1-2H3,(H,37,45)/t26?,27?,28?,29?,32?,35-/m0/s1. The number of cyclic esters (lactones) is 1. The zero-order valence-corrected chi connectivity index (χ0v) is 27.3. The molecule has 16 nitrogen and oxygen atoms in total. The molecule has 0 bridgehead atoms. The van der Waals surface area contributed by atoms with Crippen LogP contribution < -0.4 is 15.6 Å². The molecule has 2 aromatic carbocycles. The summed E-state index contributed by atoms with van der Waals surface area (Å²) in [5.74, 6) is -1.55. The Hall–Kier alpha value is -5.39. The number of hydrogen-bond donors (Lipinski definition) is 5. The van der Waals surface area contributed by atoms with Crippen LogP contribution in [0.5, 0.6) is 5.75 Å². The molecule has 266 valence electrons. The molecule has 6 atom stereocenters. The van der Waals surface area contributed by atoms with Crippen molar-refractivity contribution in [2.75, 3.05) is 12.4 Å². The van der Waals surface area contributed by atoms with Crippen molar-refractivity contribution in [2.24, 2.45) is 0 Å². The molecule has 1 fully saturated rings. The third kappa shape index (κ3) is 5.86. The van der Waals surface area contributed by atoms with Crippen LogP contribution in [0.25, 0.3) is 22.3 Å². The highest BCUT2D eigenvalue weighted by molar-refractivity contribution is 6.00. The molecule has 1 saturated heterocycles. The number of nitrogens with zero attached hydrogens (tertiary/aromatic N) is 2. The third-order valence-electron chi connectivity index (χ3n) is 9.34. The highest BCUT2D eigenvalue weighted by atomic mass is 16.7. The van der Waals surface area contributed by atoms with Crippen molar-refractivity contribution >= 4 is 34.6 Å². The zero-order valence-electron chi connectivity index (χ0n) is 27.3. The van der Waals surface area contributed by atoms with Gasteiger partial charge in [0.25, 0.3) is 5.56 Å². The van der Waals surface area contributed by atoms with Crippen molar-refractivity contribution in [3.63, 3.8) is 0 Å². The van der Waals surface area contributed by atoms with Gasteiger partial charge in [-0.25, -0.2) is 19.4 Å². The number of aromatic nitrogens is 2. The van der Waals surface area contributed by atoms with Gasteiger partial charge in [0.2, 0.25) is 6.29 Å². The van der Waals surface area contributed by atoms with E-state index >= 15 is 0 Å². The fourth-order valence-corrected chi connectivity index (χ4v) is 6.46. The summed E-state index contributed by atoms with van der Waals surface area (Å²) in [5, 5.41) is 44.9. The Bertz CT molecular complexity index is 2120. The largest absolute Gasteiger partial charge is 0.467 e. The first-order valence-corrected chi connectivity index (χ1v) is 16.0. The van der Waals surface area contributed by atoms with Crippen molar-refractivity contribution in [3.8, 4) is 17.1 Å². The molecular formula is C35H33N3O13. The Morgan fingerprint density at radius 1 is 1.06 bits per heavy atom. The highest BCUT2D eigenvalue weighted by Crippen LogP contribution is 2.39. The quantitative estimate of drug-likeness (QED) is 0.119. The molecule has 1 amide bonds. The first-order chi connectivity index (χ1) is 24.4. The monoisotopic (exact) mass is 703 g/mol. The van der Waals surface area contributed by atoms with Crippen LogP contribution in [-0.2, 0) is 53.9 Å². The van der Waals surface area contributed by atoms with E-state index in [4.69, 9.17) is 23.9 Å².